The molecule has 2 heterocycles. The molecule has 0 saturated carbocycles. The summed E-state index contributed by atoms with van der Waals surface area (Å²) in [6, 6.07) is 7.32. The summed E-state index contributed by atoms with van der Waals surface area (Å²) in [4.78, 5) is 34.1. The monoisotopic (exact) mass is 449 g/mol. The van der Waals surface area contributed by atoms with Gasteiger partial charge in [0.1, 0.15) is 6.54 Å². The standard InChI is InChI=1S/C20H18F3N5O4/c1-12-7-13(2)27(25-12)15-4-3-14(17(8-15)20(21,22)23)9-24-18(29)11-26-10-16(28(31)32)5-6-19(26)30/h3-8,10H,9,11H2,1-2H3,(H,24,29). The highest BCUT2D eigenvalue weighted by molar-refractivity contribution is 5.75. The van der Waals surface area contributed by atoms with E-state index in [2.05, 4.69) is 10.4 Å². The van der Waals surface area contributed by atoms with Crippen molar-refractivity contribution in [2.45, 2.75) is 33.1 Å². The third-order valence-corrected chi connectivity index (χ3v) is 4.62. The summed E-state index contributed by atoms with van der Waals surface area (Å²) in [6.45, 7) is 2.42. The molecule has 0 bridgehead atoms. The Labute approximate surface area is 179 Å². The Hall–Kier alpha value is -3.96. The molecule has 1 amide bonds. The van der Waals surface area contributed by atoms with Crippen LogP contribution in [0.2, 0.25) is 0 Å². The van der Waals surface area contributed by atoms with Crippen molar-refractivity contribution in [3.63, 3.8) is 0 Å². The quantitative estimate of drug-likeness (QED) is 0.459. The lowest BCUT2D eigenvalue weighted by atomic mass is 10.1. The largest absolute Gasteiger partial charge is 0.416 e. The number of hydrogen-bond acceptors (Lipinski definition) is 5. The van der Waals surface area contributed by atoms with Crippen molar-refractivity contribution >= 4 is 11.6 Å². The number of pyridine rings is 1. The van der Waals surface area contributed by atoms with Crippen LogP contribution in [0, 0.1) is 24.0 Å². The van der Waals surface area contributed by atoms with Gasteiger partial charge in [0.25, 0.3) is 11.2 Å². The lowest BCUT2D eigenvalue weighted by molar-refractivity contribution is -0.385. The number of hydrogen-bond donors (Lipinski definition) is 1. The Morgan fingerprint density at radius 3 is 2.50 bits per heavy atom. The number of aryl methyl sites for hydroxylation is 2. The molecular weight excluding hydrogens is 431 g/mol. The Morgan fingerprint density at radius 2 is 1.91 bits per heavy atom. The number of carbonyl (C=O) groups is 1. The highest BCUT2D eigenvalue weighted by atomic mass is 19.4. The molecule has 0 radical (unpaired) electrons. The molecule has 32 heavy (non-hydrogen) atoms. The third-order valence-electron chi connectivity index (χ3n) is 4.62. The van der Waals surface area contributed by atoms with Crippen molar-refractivity contribution in [2.75, 3.05) is 0 Å². The fourth-order valence-corrected chi connectivity index (χ4v) is 3.16. The molecule has 0 fully saturated rings. The summed E-state index contributed by atoms with van der Waals surface area (Å²) in [5, 5.41) is 17.3. The molecule has 0 aliphatic heterocycles. The molecule has 12 heteroatoms. The first kappa shape index (κ1) is 22.7. The minimum Gasteiger partial charge on any atom is -0.350 e. The third kappa shape index (κ3) is 5.02. The highest BCUT2D eigenvalue weighted by Gasteiger charge is 2.34. The van der Waals surface area contributed by atoms with Gasteiger partial charge in [0.05, 0.1) is 28.1 Å². The molecule has 168 valence electrons. The molecule has 3 aromatic rings. The van der Waals surface area contributed by atoms with Crippen LogP contribution in [0.3, 0.4) is 0 Å². The minimum absolute atomic E-state index is 0.178. The van der Waals surface area contributed by atoms with Gasteiger partial charge in [0.15, 0.2) is 0 Å². The number of alkyl halides is 3. The summed E-state index contributed by atoms with van der Waals surface area (Å²) < 4.78 is 43.1. The van der Waals surface area contributed by atoms with Gasteiger partial charge in [-0.15, -0.1) is 0 Å². The molecule has 0 aliphatic rings. The molecule has 0 unspecified atom stereocenters. The van der Waals surface area contributed by atoms with Crippen LogP contribution < -0.4 is 10.9 Å². The minimum atomic E-state index is -4.68. The second-order valence-electron chi connectivity index (χ2n) is 7.07. The highest BCUT2D eigenvalue weighted by Crippen LogP contribution is 2.33. The van der Waals surface area contributed by atoms with E-state index >= 15 is 0 Å². The fraction of sp³-hybridized carbons (Fsp3) is 0.250. The van der Waals surface area contributed by atoms with E-state index in [-0.39, 0.29) is 11.3 Å². The lowest BCUT2D eigenvalue weighted by Gasteiger charge is -2.16. The average molecular weight is 449 g/mol. The van der Waals surface area contributed by atoms with Crippen LogP contribution in [0.1, 0.15) is 22.5 Å². The van der Waals surface area contributed by atoms with Crippen molar-refractivity contribution in [3.8, 4) is 5.69 Å². The number of nitro groups is 1. The topological polar surface area (TPSA) is 112 Å². The summed E-state index contributed by atoms with van der Waals surface area (Å²) in [7, 11) is 0. The van der Waals surface area contributed by atoms with Crippen LogP contribution >= 0.6 is 0 Å². The molecule has 1 N–H and O–H groups in total. The Balaban J connectivity index is 1.81. The first-order valence-electron chi connectivity index (χ1n) is 9.31. The van der Waals surface area contributed by atoms with Crippen LogP contribution in [-0.2, 0) is 24.1 Å². The molecule has 9 nitrogen and oxygen atoms in total. The first-order chi connectivity index (χ1) is 15.0. The van der Waals surface area contributed by atoms with Gasteiger partial charge in [-0.1, -0.05) is 6.07 Å². The van der Waals surface area contributed by atoms with Gasteiger partial charge in [-0.05, 0) is 37.6 Å². The van der Waals surface area contributed by atoms with E-state index < -0.39 is 46.9 Å². The van der Waals surface area contributed by atoms with E-state index in [9.17, 15) is 32.9 Å². The van der Waals surface area contributed by atoms with Gasteiger partial charge >= 0.3 is 6.18 Å². The predicted molar refractivity (Wildman–Crippen MR) is 107 cm³/mol. The first-order valence-corrected chi connectivity index (χ1v) is 9.31. The zero-order valence-electron chi connectivity index (χ0n) is 17.0. The number of aromatic nitrogens is 3. The normalized spacial score (nSPS) is 11.4. The second kappa shape index (κ2) is 8.65. The molecule has 3 rings (SSSR count). The number of amides is 1. The van der Waals surface area contributed by atoms with E-state index in [0.717, 1.165) is 29.0 Å². The Bertz CT molecular complexity index is 1250. The molecular formula is C20H18F3N5O4. The van der Waals surface area contributed by atoms with Crippen LogP contribution in [0.25, 0.3) is 5.69 Å². The number of carbonyl (C=O) groups excluding carboxylic acids is 1. The predicted octanol–water partition coefficient (Wildman–Crippen LogP) is 2.89. The Morgan fingerprint density at radius 1 is 1.19 bits per heavy atom. The number of nitrogens with zero attached hydrogens (tertiary/aromatic N) is 4. The lowest BCUT2D eigenvalue weighted by Crippen LogP contribution is -2.32. The number of nitrogens with one attached hydrogen (secondary N) is 1. The summed E-state index contributed by atoms with van der Waals surface area (Å²) in [5.41, 5.74) is -0.616. The molecule has 1 aromatic carbocycles. The molecule has 0 spiro atoms. The molecule has 0 saturated heterocycles. The van der Waals surface area contributed by atoms with Crippen molar-refractivity contribution in [2.24, 2.45) is 0 Å². The SMILES string of the molecule is Cc1cc(C)n(-c2ccc(CNC(=O)Cn3cc([N+](=O)[O-])ccc3=O)c(C(F)(F)F)c2)n1. The van der Waals surface area contributed by atoms with Gasteiger partial charge in [0, 0.05) is 24.4 Å². The smallest absolute Gasteiger partial charge is 0.350 e. The zero-order valence-corrected chi connectivity index (χ0v) is 17.0. The maximum atomic E-state index is 13.6. The molecule has 0 atom stereocenters. The summed E-state index contributed by atoms with van der Waals surface area (Å²) in [6.07, 6.45) is -3.78. The Kier molecular flexibility index (Phi) is 6.14. The van der Waals surface area contributed by atoms with Gasteiger partial charge < -0.3 is 5.32 Å². The molecule has 2 aromatic heterocycles. The summed E-state index contributed by atoms with van der Waals surface area (Å²) >= 11 is 0. The van der Waals surface area contributed by atoms with Gasteiger partial charge in [-0.25, -0.2) is 4.68 Å². The maximum absolute atomic E-state index is 13.6. The van der Waals surface area contributed by atoms with E-state index in [1.54, 1.807) is 19.9 Å². The van der Waals surface area contributed by atoms with Crippen molar-refractivity contribution in [1.82, 2.24) is 19.7 Å². The number of benzene rings is 1. The van der Waals surface area contributed by atoms with Gasteiger partial charge in [-0.3, -0.25) is 24.3 Å². The van der Waals surface area contributed by atoms with Crippen LogP contribution in [0.5, 0.6) is 0 Å². The molecule has 0 aliphatic carbocycles. The van der Waals surface area contributed by atoms with Gasteiger partial charge in [-0.2, -0.15) is 18.3 Å². The van der Waals surface area contributed by atoms with Gasteiger partial charge in [0.2, 0.25) is 5.91 Å². The zero-order chi connectivity index (χ0) is 23.6. The number of rotatable bonds is 6. The van der Waals surface area contributed by atoms with Crippen LogP contribution in [0.15, 0.2) is 47.4 Å². The van der Waals surface area contributed by atoms with Crippen molar-refractivity contribution in [1.29, 1.82) is 0 Å². The van der Waals surface area contributed by atoms with E-state index in [0.29, 0.717) is 11.4 Å². The van der Waals surface area contributed by atoms with Crippen LogP contribution in [0.4, 0.5) is 18.9 Å². The van der Waals surface area contributed by atoms with E-state index in [1.165, 1.54) is 16.8 Å². The number of halogens is 3. The van der Waals surface area contributed by atoms with Crippen molar-refractivity contribution < 1.29 is 22.9 Å². The average Bonchev–Trinajstić information content (AvgIpc) is 3.05. The second-order valence-corrected chi connectivity index (χ2v) is 7.07. The summed E-state index contributed by atoms with van der Waals surface area (Å²) in [5.74, 6) is -0.775. The fourth-order valence-electron chi connectivity index (χ4n) is 3.16. The van der Waals surface area contributed by atoms with Crippen molar-refractivity contribution in [3.05, 3.63) is 85.6 Å². The van der Waals surface area contributed by atoms with Crippen LogP contribution in [-0.4, -0.2) is 25.2 Å². The van der Waals surface area contributed by atoms with E-state index in [1.807, 2.05) is 0 Å². The maximum Gasteiger partial charge on any atom is 0.416 e. The van der Waals surface area contributed by atoms with E-state index in [4.69, 9.17) is 0 Å².